The van der Waals surface area contributed by atoms with Gasteiger partial charge in [-0.3, -0.25) is 9.40 Å². The molecule has 1 heterocycles. The van der Waals surface area contributed by atoms with Gasteiger partial charge in [-0.25, -0.2) is 8.42 Å². The van der Waals surface area contributed by atoms with Crippen LogP contribution in [0.1, 0.15) is 25.3 Å². The molecule has 0 aliphatic rings. The smallest absolute Gasteiger partial charge is 0.267 e. The van der Waals surface area contributed by atoms with Gasteiger partial charge < -0.3 is 0 Å². The standard InChI is InChI=1S/C13H17N3O2S/c1-10(2)11-5-4-6-12(7-11)16(3)19(17,18)13-8-14-15-9-13/h4-10H,1-3H3,(H,14,15). The molecule has 0 spiro atoms. The Morgan fingerprint density at radius 3 is 2.63 bits per heavy atom. The Hall–Kier alpha value is -1.82. The number of rotatable bonds is 4. The normalized spacial score (nSPS) is 11.8. The van der Waals surface area contributed by atoms with Crippen LogP contribution in [0.15, 0.2) is 41.6 Å². The van der Waals surface area contributed by atoms with E-state index < -0.39 is 10.0 Å². The Morgan fingerprint density at radius 1 is 1.32 bits per heavy atom. The van der Waals surface area contributed by atoms with E-state index in [1.54, 1.807) is 13.1 Å². The SMILES string of the molecule is CC(C)c1cccc(N(C)S(=O)(=O)c2cn[nH]c2)c1. The van der Waals surface area contributed by atoms with Gasteiger partial charge in [0.1, 0.15) is 4.90 Å². The minimum Gasteiger partial charge on any atom is -0.284 e. The molecule has 0 aliphatic heterocycles. The van der Waals surface area contributed by atoms with Gasteiger partial charge in [0.25, 0.3) is 10.0 Å². The Morgan fingerprint density at radius 2 is 2.05 bits per heavy atom. The van der Waals surface area contributed by atoms with Crippen LogP contribution in [0.5, 0.6) is 0 Å². The van der Waals surface area contributed by atoms with Gasteiger partial charge in [0.15, 0.2) is 0 Å². The maximum absolute atomic E-state index is 12.3. The summed E-state index contributed by atoms with van der Waals surface area (Å²) in [6, 6.07) is 7.53. The summed E-state index contributed by atoms with van der Waals surface area (Å²) in [5.74, 6) is 0.352. The van der Waals surface area contributed by atoms with Crippen molar-refractivity contribution in [1.82, 2.24) is 10.2 Å². The van der Waals surface area contributed by atoms with Crippen LogP contribution in [0.2, 0.25) is 0 Å². The fourth-order valence-corrected chi connectivity index (χ4v) is 2.85. The number of H-pyrrole nitrogens is 1. The molecule has 2 rings (SSSR count). The van der Waals surface area contributed by atoms with Gasteiger partial charge in [-0.2, -0.15) is 5.10 Å². The van der Waals surface area contributed by atoms with Crippen LogP contribution in [0, 0.1) is 0 Å². The molecular formula is C13H17N3O2S. The molecule has 0 aliphatic carbocycles. The fourth-order valence-electron chi connectivity index (χ4n) is 1.76. The number of hydrogen-bond donors (Lipinski definition) is 1. The molecule has 19 heavy (non-hydrogen) atoms. The molecular weight excluding hydrogens is 262 g/mol. The summed E-state index contributed by atoms with van der Waals surface area (Å²) in [5.41, 5.74) is 1.75. The number of nitrogens with one attached hydrogen (secondary N) is 1. The lowest BCUT2D eigenvalue weighted by molar-refractivity contribution is 0.594. The summed E-state index contributed by atoms with van der Waals surface area (Å²) in [6.07, 6.45) is 2.68. The highest BCUT2D eigenvalue weighted by atomic mass is 32.2. The lowest BCUT2D eigenvalue weighted by Crippen LogP contribution is -2.26. The van der Waals surface area contributed by atoms with Crippen molar-refractivity contribution in [2.75, 3.05) is 11.4 Å². The van der Waals surface area contributed by atoms with E-state index in [9.17, 15) is 8.42 Å². The van der Waals surface area contributed by atoms with Crippen LogP contribution in [0.3, 0.4) is 0 Å². The minimum atomic E-state index is -3.55. The Balaban J connectivity index is 2.40. The van der Waals surface area contributed by atoms with Gasteiger partial charge in [0, 0.05) is 13.2 Å². The van der Waals surface area contributed by atoms with Gasteiger partial charge >= 0.3 is 0 Å². The zero-order chi connectivity index (χ0) is 14.0. The molecule has 0 radical (unpaired) electrons. The molecule has 0 atom stereocenters. The minimum absolute atomic E-state index is 0.157. The highest BCUT2D eigenvalue weighted by Gasteiger charge is 2.22. The van der Waals surface area contributed by atoms with Crippen LogP contribution in [0.25, 0.3) is 0 Å². The number of hydrogen-bond acceptors (Lipinski definition) is 3. The predicted octanol–water partition coefficient (Wildman–Crippen LogP) is 2.36. The average molecular weight is 279 g/mol. The highest BCUT2D eigenvalue weighted by molar-refractivity contribution is 7.92. The maximum Gasteiger partial charge on any atom is 0.267 e. The van der Waals surface area contributed by atoms with Gasteiger partial charge in [0.2, 0.25) is 0 Å². The second kappa shape index (κ2) is 5.05. The van der Waals surface area contributed by atoms with E-state index >= 15 is 0 Å². The first-order chi connectivity index (χ1) is 8.93. The lowest BCUT2D eigenvalue weighted by atomic mass is 10.0. The number of anilines is 1. The molecule has 1 aromatic heterocycles. The van der Waals surface area contributed by atoms with E-state index in [-0.39, 0.29) is 4.90 Å². The van der Waals surface area contributed by atoms with Crippen molar-refractivity contribution in [2.24, 2.45) is 0 Å². The quantitative estimate of drug-likeness (QED) is 0.934. The summed E-state index contributed by atoms with van der Waals surface area (Å²) < 4.78 is 25.9. The van der Waals surface area contributed by atoms with Gasteiger partial charge in [-0.1, -0.05) is 26.0 Å². The maximum atomic E-state index is 12.3. The Labute approximate surface area is 113 Å². The second-order valence-corrected chi connectivity index (χ2v) is 6.63. The van der Waals surface area contributed by atoms with Crippen molar-refractivity contribution in [2.45, 2.75) is 24.7 Å². The molecule has 5 nitrogen and oxygen atoms in total. The molecule has 1 N–H and O–H groups in total. The Kier molecular flexibility index (Phi) is 3.61. The van der Waals surface area contributed by atoms with Crippen LogP contribution >= 0.6 is 0 Å². The van der Waals surface area contributed by atoms with Crippen molar-refractivity contribution in [3.63, 3.8) is 0 Å². The van der Waals surface area contributed by atoms with Gasteiger partial charge in [0.05, 0.1) is 11.9 Å². The summed E-state index contributed by atoms with van der Waals surface area (Å²) in [5, 5.41) is 6.20. The van der Waals surface area contributed by atoms with Crippen LogP contribution in [0.4, 0.5) is 5.69 Å². The van der Waals surface area contributed by atoms with E-state index in [4.69, 9.17) is 0 Å². The molecule has 0 saturated carbocycles. The number of aromatic amines is 1. The first-order valence-electron chi connectivity index (χ1n) is 6.00. The van der Waals surface area contributed by atoms with Crippen LogP contribution in [-0.2, 0) is 10.0 Å². The average Bonchev–Trinajstić information content (AvgIpc) is 2.92. The number of benzene rings is 1. The number of aromatic nitrogens is 2. The molecule has 0 amide bonds. The van der Waals surface area contributed by atoms with E-state index in [2.05, 4.69) is 24.0 Å². The van der Waals surface area contributed by atoms with E-state index in [0.29, 0.717) is 11.6 Å². The van der Waals surface area contributed by atoms with Crippen molar-refractivity contribution in [3.8, 4) is 0 Å². The molecule has 0 fully saturated rings. The molecule has 0 unspecified atom stereocenters. The van der Waals surface area contributed by atoms with Gasteiger partial charge in [-0.05, 0) is 23.6 Å². The first kappa shape index (κ1) is 13.6. The second-order valence-electron chi connectivity index (χ2n) is 4.66. The lowest BCUT2D eigenvalue weighted by Gasteiger charge is -2.19. The molecule has 0 bridgehead atoms. The Bertz CT molecular complexity index is 648. The molecule has 6 heteroatoms. The summed E-state index contributed by atoms with van der Waals surface area (Å²) in [4.78, 5) is 0.157. The number of sulfonamides is 1. The number of nitrogens with zero attached hydrogens (tertiary/aromatic N) is 2. The summed E-state index contributed by atoms with van der Waals surface area (Å²) in [7, 11) is -2.01. The summed E-state index contributed by atoms with van der Waals surface area (Å²) >= 11 is 0. The topological polar surface area (TPSA) is 66.1 Å². The third-order valence-electron chi connectivity index (χ3n) is 3.03. The fraction of sp³-hybridized carbons (Fsp3) is 0.308. The van der Waals surface area contributed by atoms with E-state index in [1.165, 1.54) is 16.7 Å². The highest BCUT2D eigenvalue weighted by Crippen LogP contribution is 2.25. The van der Waals surface area contributed by atoms with Crippen molar-refractivity contribution < 1.29 is 8.42 Å². The van der Waals surface area contributed by atoms with E-state index in [0.717, 1.165) is 5.56 Å². The van der Waals surface area contributed by atoms with Gasteiger partial charge in [-0.15, -0.1) is 0 Å². The van der Waals surface area contributed by atoms with Crippen molar-refractivity contribution in [1.29, 1.82) is 0 Å². The molecule has 2 aromatic rings. The largest absolute Gasteiger partial charge is 0.284 e. The molecule has 0 saturated heterocycles. The zero-order valence-electron chi connectivity index (χ0n) is 11.2. The van der Waals surface area contributed by atoms with E-state index in [1.807, 2.05) is 18.2 Å². The monoisotopic (exact) mass is 279 g/mol. The van der Waals surface area contributed by atoms with Crippen molar-refractivity contribution >= 4 is 15.7 Å². The van der Waals surface area contributed by atoms with Crippen LogP contribution < -0.4 is 4.31 Å². The summed E-state index contributed by atoms with van der Waals surface area (Å²) in [6.45, 7) is 4.15. The van der Waals surface area contributed by atoms with Crippen LogP contribution in [-0.4, -0.2) is 25.7 Å². The zero-order valence-corrected chi connectivity index (χ0v) is 12.0. The molecule has 1 aromatic carbocycles. The molecule has 102 valence electrons. The first-order valence-corrected chi connectivity index (χ1v) is 7.44. The van der Waals surface area contributed by atoms with Crippen molar-refractivity contribution in [3.05, 3.63) is 42.2 Å². The third kappa shape index (κ3) is 2.63. The predicted molar refractivity (Wildman–Crippen MR) is 74.7 cm³/mol. The third-order valence-corrected chi connectivity index (χ3v) is 4.78.